The molecule has 1 unspecified atom stereocenters. The second-order valence-corrected chi connectivity index (χ2v) is 9.89. The van der Waals surface area contributed by atoms with Crippen LogP contribution in [0.15, 0.2) is 23.7 Å². The number of thiazole rings is 1. The molecule has 1 amide bonds. The Morgan fingerprint density at radius 1 is 1.23 bits per heavy atom. The molecule has 5 rings (SSSR count). The minimum absolute atomic E-state index is 0.0189. The highest BCUT2D eigenvalue weighted by molar-refractivity contribution is 7.10. The molecule has 17 heteroatoms. The van der Waals surface area contributed by atoms with Crippen LogP contribution in [0.25, 0.3) is 22.6 Å². The van der Waals surface area contributed by atoms with Gasteiger partial charge in [-0.15, -0.1) is 11.3 Å². The van der Waals surface area contributed by atoms with Gasteiger partial charge in [-0.25, -0.2) is 24.6 Å². The lowest BCUT2D eigenvalue weighted by Gasteiger charge is -2.20. The number of hydrogen-bond donors (Lipinski definition) is 2. The van der Waals surface area contributed by atoms with Gasteiger partial charge in [0.05, 0.1) is 30.2 Å². The van der Waals surface area contributed by atoms with Crippen LogP contribution in [0.2, 0.25) is 0 Å². The van der Waals surface area contributed by atoms with Gasteiger partial charge in [0.1, 0.15) is 27.8 Å². The summed E-state index contributed by atoms with van der Waals surface area (Å²) >= 11 is 1.13. The lowest BCUT2D eigenvalue weighted by atomic mass is 9.85. The van der Waals surface area contributed by atoms with Gasteiger partial charge in [0.15, 0.2) is 11.5 Å². The number of rotatable bonds is 7. The molecular formula is C23H19F5N8O3S. The number of nitrogens with one attached hydrogen (secondary N) is 1. The summed E-state index contributed by atoms with van der Waals surface area (Å²) in [7, 11) is 1.24. The number of pyridine rings is 1. The van der Waals surface area contributed by atoms with Crippen molar-refractivity contribution in [1.82, 2.24) is 29.7 Å². The fraction of sp³-hybridized carbons (Fsp3) is 0.348. The molecule has 0 radical (unpaired) electrons. The summed E-state index contributed by atoms with van der Waals surface area (Å²) in [4.78, 5) is 42.0. The van der Waals surface area contributed by atoms with Crippen LogP contribution in [0.4, 0.5) is 33.6 Å². The zero-order valence-electron chi connectivity index (χ0n) is 20.7. The van der Waals surface area contributed by atoms with Crippen molar-refractivity contribution in [3.05, 3.63) is 40.0 Å². The Morgan fingerprint density at radius 2 is 1.98 bits per heavy atom. The van der Waals surface area contributed by atoms with E-state index in [9.17, 15) is 31.5 Å². The number of halogens is 5. The van der Waals surface area contributed by atoms with E-state index in [1.807, 2.05) is 0 Å². The van der Waals surface area contributed by atoms with E-state index in [4.69, 9.17) is 5.73 Å². The monoisotopic (exact) mass is 582 g/mol. The first kappa shape index (κ1) is 27.3. The number of alkyl halides is 5. The molecule has 210 valence electrons. The Kier molecular flexibility index (Phi) is 6.43. The Balaban J connectivity index is 1.54. The number of nitrogen functional groups attached to an aromatic ring is 1. The maximum absolute atomic E-state index is 13.6. The number of carbonyl (C=O) groups is 2. The van der Waals surface area contributed by atoms with E-state index in [0.29, 0.717) is 10.7 Å². The van der Waals surface area contributed by atoms with Crippen molar-refractivity contribution in [3.8, 4) is 11.5 Å². The zero-order valence-corrected chi connectivity index (χ0v) is 21.5. The van der Waals surface area contributed by atoms with Crippen LogP contribution >= 0.6 is 11.3 Å². The molecular weight excluding hydrogens is 563 g/mol. The van der Waals surface area contributed by atoms with Gasteiger partial charge < -0.3 is 15.8 Å². The maximum atomic E-state index is 13.6. The minimum Gasteiger partial charge on any atom is -0.469 e. The number of nitrogens with two attached hydrogens (primary N) is 1. The molecule has 0 saturated carbocycles. The number of aryl methyl sites for hydroxylation is 1. The van der Waals surface area contributed by atoms with E-state index < -0.39 is 42.4 Å². The number of ether oxygens (including phenoxy) is 1. The summed E-state index contributed by atoms with van der Waals surface area (Å²) in [5, 5.41) is 9.03. The fourth-order valence-corrected chi connectivity index (χ4v) is 5.26. The highest BCUT2D eigenvalue weighted by atomic mass is 32.1. The van der Waals surface area contributed by atoms with Crippen LogP contribution in [0, 0.1) is 0 Å². The summed E-state index contributed by atoms with van der Waals surface area (Å²) in [6.07, 6.45) is -6.04. The zero-order chi connectivity index (χ0) is 29.0. The second-order valence-electron chi connectivity index (χ2n) is 9.03. The Hall–Kier alpha value is -4.28. The third-order valence-electron chi connectivity index (χ3n) is 6.43. The van der Waals surface area contributed by atoms with E-state index in [1.54, 1.807) is 12.3 Å². The molecule has 0 aromatic carbocycles. The maximum Gasteiger partial charge on any atom is 0.453 e. The topological polar surface area (TPSA) is 151 Å². The van der Waals surface area contributed by atoms with E-state index >= 15 is 0 Å². The largest absolute Gasteiger partial charge is 0.469 e. The lowest BCUT2D eigenvalue weighted by Crippen LogP contribution is -2.37. The van der Waals surface area contributed by atoms with Crippen molar-refractivity contribution >= 4 is 45.9 Å². The predicted molar refractivity (Wildman–Crippen MR) is 132 cm³/mol. The van der Waals surface area contributed by atoms with Gasteiger partial charge in [0.2, 0.25) is 5.91 Å². The van der Waals surface area contributed by atoms with Crippen molar-refractivity contribution in [3.63, 3.8) is 0 Å². The molecule has 0 aliphatic carbocycles. The van der Waals surface area contributed by atoms with Crippen LogP contribution in [-0.4, -0.2) is 60.8 Å². The average Bonchev–Trinajstić information content (AvgIpc) is 3.57. The van der Waals surface area contributed by atoms with Gasteiger partial charge in [0.25, 0.3) is 0 Å². The number of esters is 1. The SMILES string of the molecule is COC(=O)Cc1csc(C2(C)C(=O)Nc3nc(-c4nn(CCC(F)(F)C(F)(F)F)c5ncccc45)nc(N)c32)n1. The lowest BCUT2D eigenvalue weighted by molar-refractivity contribution is -0.285. The average molecular weight is 583 g/mol. The molecule has 0 fully saturated rings. The Morgan fingerprint density at radius 3 is 2.67 bits per heavy atom. The standard InChI is InChI=1S/C23H19F5N8O3S/c1-21(20-31-10(9-40-20)8-12(37)39-2)13-15(29)32-17(33-16(13)34-19(21)38)14-11-4-3-6-30-18(11)36(35-14)7-5-22(24,25)23(26,27)28/h3-4,6,9H,5,7-8H2,1-2H3,(H3,29,32,33,34,38). The van der Waals surface area contributed by atoms with Crippen molar-refractivity contribution < 1.29 is 36.3 Å². The van der Waals surface area contributed by atoms with Gasteiger partial charge in [-0.1, -0.05) is 0 Å². The number of carbonyl (C=O) groups excluding carboxylic acids is 2. The molecule has 1 aliphatic rings. The van der Waals surface area contributed by atoms with Crippen LogP contribution in [-0.2, 0) is 32.7 Å². The molecule has 1 atom stereocenters. The third kappa shape index (κ3) is 4.39. The molecule has 0 spiro atoms. The molecule has 5 heterocycles. The van der Waals surface area contributed by atoms with Gasteiger partial charge >= 0.3 is 18.1 Å². The van der Waals surface area contributed by atoms with Crippen molar-refractivity contribution in [1.29, 1.82) is 0 Å². The van der Waals surface area contributed by atoms with E-state index in [2.05, 4.69) is 35.1 Å². The van der Waals surface area contributed by atoms with Crippen molar-refractivity contribution in [2.24, 2.45) is 0 Å². The summed E-state index contributed by atoms with van der Waals surface area (Å²) in [5.41, 5.74) is 5.57. The number of amides is 1. The quantitative estimate of drug-likeness (QED) is 0.247. The number of hydrogen-bond acceptors (Lipinski definition) is 10. The van der Waals surface area contributed by atoms with Gasteiger partial charge in [-0.2, -0.15) is 27.1 Å². The molecule has 3 N–H and O–H groups in total. The fourth-order valence-electron chi connectivity index (χ4n) is 4.27. The minimum atomic E-state index is -5.72. The molecule has 4 aromatic heterocycles. The number of anilines is 2. The molecule has 0 bridgehead atoms. The Labute approximate surface area is 225 Å². The number of methoxy groups -OCH3 is 1. The first-order chi connectivity index (χ1) is 18.8. The van der Waals surface area contributed by atoms with E-state index in [0.717, 1.165) is 16.0 Å². The van der Waals surface area contributed by atoms with Crippen molar-refractivity contribution in [2.45, 2.75) is 43.8 Å². The first-order valence-corrected chi connectivity index (χ1v) is 12.4. The third-order valence-corrected chi connectivity index (χ3v) is 7.54. The normalized spacial score (nSPS) is 17.2. The molecule has 11 nitrogen and oxygen atoms in total. The molecule has 0 saturated heterocycles. The van der Waals surface area contributed by atoms with Crippen molar-refractivity contribution in [2.75, 3.05) is 18.2 Å². The van der Waals surface area contributed by atoms with Crippen LogP contribution in [0.1, 0.15) is 29.6 Å². The summed E-state index contributed by atoms with van der Waals surface area (Å²) in [6.45, 7) is 0.774. The Bertz CT molecular complexity index is 1650. The second kappa shape index (κ2) is 9.42. The molecule has 1 aliphatic heterocycles. The summed E-state index contributed by atoms with van der Waals surface area (Å²) in [5.74, 6) is -6.11. The van der Waals surface area contributed by atoms with Crippen LogP contribution in [0.3, 0.4) is 0 Å². The number of fused-ring (bicyclic) bond motifs is 2. The molecule has 4 aromatic rings. The van der Waals surface area contributed by atoms with E-state index in [-0.39, 0.29) is 46.2 Å². The van der Waals surface area contributed by atoms with Gasteiger partial charge in [-0.3, -0.25) is 9.59 Å². The number of aromatic nitrogens is 6. The van der Waals surface area contributed by atoms with Crippen LogP contribution in [0.5, 0.6) is 0 Å². The van der Waals surface area contributed by atoms with Crippen LogP contribution < -0.4 is 11.1 Å². The number of nitrogens with zero attached hydrogens (tertiary/aromatic N) is 6. The van der Waals surface area contributed by atoms with E-state index in [1.165, 1.54) is 25.4 Å². The van der Waals surface area contributed by atoms with Gasteiger partial charge in [0, 0.05) is 24.5 Å². The summed E-state index contributed by atoms with van der Waals surface area (Å²) in [6, 6.07) is 3.04. The molecule has 40 heavy (non-hydrogen) atoms. The summed E-state index contributed by atoms with van der Waals surface area (Å²) < 4.78 is 70.8. The smallest absolute Gasteiger partial charge is 0.453 e. The highest BCUT2D eigenvalue weighted by Crippen LogP contribution is 2.46. The first-order valence-electron chi connectivity index (χ1n) is 11.5. The van der Waals surface area contributed by atoms with Gasteiger partial charge in [-0.05, 0) is 19.1 Å². The highest BCUT2D eigenvalue weighted by Gasteiger charge is 2.57. The predicted octanol–water partition coefficient (Wildman–Crippen LogP) is 3.49.